The summed E-state index contributed by atoms with van der Waals surface area (Å²) in [5, 5.41) is 10.3. The lowest BCUT2D eigenvalue weighted by Gasteiger charge is -1.98. The van der Waals surface area contributed by atoms with Gasteiger partial charge in [0, 0.05) is 6.07 Å². The van der Waals surface area contributed by atoms with Gasteiger partial charge in [0.15, 0.2) is 18.2 Å². The van der Waals surface area contributed by atoms with Gasteiger partial charge in [0.05, 0.1) is 7.11 Å². The number of aromatic nitrogens is 1. The van der Waals surface area contributed by atoms with Gasteiger partial charge in [-0.05, 0) is 9.91 Å². The molecule has 68 valence electrons. The summed E-state index contributed by atoms with van der Waals surface area (Å²) in [6.45, 7) is 0. The van der Waals surface area contributed by atoms with Crippen molar-refractivity contribution in [1.29, 1.82) is 0 Å². The van der Waals surface area contributed by atoms with E-state index in [-0.39, 0.29) is 5.56 Å². The zero-order chi connectivity index (χ0) is 9.84. The molecule has 0 aliphatic carbocycles. The third-order valence-corrected chi connectivity index (χ3v) is 1.41. The van der Waals surface area contributed by atoms with Crippen LogP contribution in [0.1, 0.15) is 10.4 Å². The Morgan fingerprint density at radius 3 is 2.85 bits per heavy atom. The second-order valence-corrected chi connectivity index (χ2v) is 2.16. The molecule has 1 rings (SSSR count). The molecule has 0 saturated heterocycles. The van der Waals surface area contributed by atoms with Crippen LogP contribution in [0.15, 0.2) is 12.3 Å². The molecule has 1 heterocycles. The zero-order valence-corrected chi connectivity index (χ0v) is 6.76. The topological polar surface area (TPSA) is 82.3 Å². The Hall–Kier alpha value is -1.98. The minimum atomic E-state index is -0.719. The molecule has 0 amide bonds. The van der Waals surface area contributed by atoms with Crippen molar-refractivity contribution in [2.75, 3.05) is 7.11 Å². The fourth-order valence-corrected chi connectivity index (χ4v) is 0.805. The molecular formula is C7H6N2O4. The zero-order valence-electron chi connectivity index (χ0n) is 6.76. The van der Waals surface area contributed by atoms with E-state index in [1.807, 2.05) is 0 Å². The average molecular weight is 182 g/mol. The molecule has 1 aromatic heterocycles. The van der Waals surface area contributed by atoms with Crippen molar-refractivity contribution in [2.45, 2.75) is 0 Å². The smallest absolute Gasteiger partial charge is 0.374 e. The van der Waals surface area contributed by atoms with Crippen molar-refractivity contribution in [2.24, 2.45) is 0 Å². The summed E-state index contributed by atoms with van der Waals surface area (Å²) < 4.78 is 4.75. The number of carbonyl (C=O) groups is 1. The monoisotopic (exact) mass is 182 g/mol. The Labute approximate surface area is 73.3 Å². The van der Waals surface area contributed by atoms with Gasteiger partial charge in [-0.1, -0.05) is 0 Å². The second-order valence-electron chi connectivity index (χ2n) is 2.16. The van der Waals surface area contributed by atoms with Crippen molar-refractivity contribution in [3.05, 3.63) is 27.9 Å². The Morgan fingerprint density at radius 1 is 1.69 bits per heavy atom. The van der Waals surface area contributed by atoms with Crippen molar-refractivity contribution < 1.29 is 14.5 Å². The van der Waals surface area contributed by atoms with E-state index in [1.165, 1.54) is 19.4 Å². The minimum Gasteiger partial charge on any atom is -0.493 e. The highest BCUT2D eigenvalue weighted by molar-refractivity contribution is 5.80. The number of pyridine rings is 1. The average Bonchev–Trinajstić information content (AvgIpc) is 2.16. The summed E-state index contributed by atoms with van der Waals surface area (Å²) in [6, 6.07) is 1.26. The molecular weight excluding hydrogens is 176 g/mol. The number of rotatable bonds is 3. The normalized spacial score (nSPS) is 9.31. The van der Waals surface area contributed by atoms with E-state index in [1.54, 1.807) is 0 Å². The molecule has 13 heavy (non-hydrogen) atoms. The van der Waals surface area contributed by atoms with Crippen molar-refractivity contribution in [3.8, 4) is 5.75 Å². The van der Waals surface area contributed by atoms with Crippen LogP contribution >= 0.6 is 0 Å². The highest BCUT2D eigenvalue weighted by Crippen LogP contribution is 2.18. The Bertz CT molecular complexity index is 350. The van der Waals surface area contributed by atoms with Gasteiger partial charge in [-0.15, -0.1) is 0 Å². The van der Waals surface area contributed by atoms with Crippen LogP contribution in [0.5, 0.6) is 5.75 Å². The van der Waals surface area contributed by atoms with E-state index in [0.717, 1.165) is 0 Å². The van der Waals surface area contributed by atoms with Gasteiger partial charge in [0.2, 0.25) is 0 Å². The summed E-state index contributed by atoms with van der Waals surface area (Å²) in [5.41, 5.74) is -0.0932. The SMILES string of the molecule is COc1cnc([N+](=O)[O-])c(C=O)c1. The van der Waals surface area contributed by atoms with E-state index in [9.17, 15) is 14.9 Å². The molecule has 6 nitrogen and oxygen atoms in total. The van der Waals surface area contributed by atoms with Gasteiger partial charge in [0.25, 0.3) is 0 Å². The van der Waals surface area contributed by atoms with Crippen LogP contribution in [0.4, 0.5) is 5.82 Å². The molecule has 0 aliphatic heterocycles. The fourth-order valence-electron chi connectivity index (χ4n) is 0.805. The number of aldehydes is 1. The van der Waals surface area contributed by atoms with Gasteiger partial charge < -0.3 is 14.9 Å². The lowest BCUT2D eigenvalue weighted by atomic mass is 10.3. The molecule has 0 fully saturated rings. The molecule has 0 N–H and O–H groups in total. The van der Waals surface area contributed by atoms with E-state index in [0.29, 0.717) is 12.0 Å². The first-order chi connectivity index (χ1) is 6.19. The summed E-state index contributed by atoms with van der Waals surface area (Å²) in [7, 11) is 1.39. The van der Waals surface area contributed by atoms with Crippen LogP contribution < -0.4 is 4.74 Å². The number of hydrogen-bond acceptors (Lipinski definition) is 5. The van der Waals surface area contributed by atoms with E-state index >= 15 is 0 Å². The molecule has 0 aromatic carbocycles. The molecule has 0 radical (unpaired) electrons. The van der Waals surface area contributed by atoms with Crippen molar-refractivity contribution in [3.63, 3.8) is 0 Å². The van der Waals surface area contributed by atoms with Gasteiger partial charge in [0.1, 0.15) is 5.56 Å². The van der Waals surface area contributed by atoms with Crippen LogP contribution in [-0.2, 0) is 0 Å². The molecule has 0 unspecified atom stereocenters. The first-order valence-electron chi connectivity index (χ1n) is 3.32. The lowest BCUT2D eigenvalue weighted by molar-refractivity contribution is -0.389. The van der Waals surface area contributed by atoms with Crippen LogP contribution in [0.3, 0.4) is 0 Å². The maximum Gasteiger partial charge on any atom is 0.374 e. The third-order valence-electron chi connectivity index (χ3n) is 1.41. The molecule has 1 aromatic rings. The number of hydrogen-bond donors (Lipinski definition) is 0. The Balaban J connectivity index is 3.23. The van der Waals surface area contributed by atoms with E-state index < -0.39 is 10.7 Å². The maximum absolute atomic E-state index is 10.4. The van der Waals surface area contributed by atoms with E-state index in [2.05, 4.69) is 4.98 Å². The Kier molecular flexibility index (Phi) is 2.53. The van der Waals surface area contributed by atoms with Crippen LogP contribution in [0.2, 0.25) is 0 Å². The molecule has 0 bridgehead atoms. The van der Waals surface area contributed by atoms with Crippen molar-refractivity contribution >= 4 is 12.1 Å². The molecule has 0 aliphatic rings. The van der Waals surface area contributed by atoms with Crippen LogP contribution in [-0.4, -0.2) is 23.3 Å². The first-order valence-corrected chi connectivity index (χ1v) is 3.32. The van der Waals surface area contributed by atoms with Crippen molar-refractivity contribution in [1.82, 2.24) is 4.98 Å². The minimum absolute atomic E-state index is 0.0932. The van der Waals surface area contributed by atoms with Crippen LogP contribution in [0, 0.1) is 10.1 Å². The lowest BCUT2D eigenvalue weighted by Crippen LogP contribution is -1.98. The highest BCUT2D eigenvalue weighted by Gasteiger charge is 2.15. The number of nitrogens with zero attached hydrogens (tertiary/aromatic N) is 2. The maximum atomic E-state index is 10.4. The van der Waals surface area contributed by atoms with Gasteiger partial charge >= 0.3 is 5.82 Å². The highest BCUT2D eigenvalue weighted by atomic mass is 16.6. The molecule has 6 heteroatoms. The Morgan fingerprint density at radius 2 is 2.38 bits per heavy atom. The molecule has 0 atom stereocenters. The number of ether oxygens (including phenoxy) is 1. The number of carbonyl (C=O) groups excluding carboxylic acids is 1. The quantitative estimate of drug-likeness (QED) is 0.392. The van der Waals surface area contributed by atoms with Crippen LogP contribution in [0.25, 0.3) is 0 Å². The predicted octanol–water partition coefficient (Wildman–Crippen LogP) is 0.811. The molecule has 0 saturated carbocycles. The summed E-state index contributed by atoms with van der Waals surface area (Å²) in [5.74, 6) is -0.150. The summed E-state index contributed by atoms with van der Waals surface area (Å²) in [6.07, 6.45) is 1.55. The largest absolute Gasteiger partial charge is 0.493 e. The fraction of sp³-hybridized carbons (Fsp3) is 0.143. The predicted molar refractivity (Wildman–Crippen MR) is 42.8 cm³/mol. The summed E-state index contributed by atoms with van der Waals surface area (Å²) in [4.78, 5) is 23.5. The molecule has 0 spiro atoms. The number of nitro groups is 1. The van der Waals surface area contributed by atoms with Gasteiger partial charge in [-0.3, -0.25) is 4.79 Å². The van der Waals surface area contributed by atoms with Gasteiger partial charge in [-0.25, -0.2) is 0 Å². The van der Waals surface area contributed by atoms with E-state index in [4.69, 9.17) is 4.74 Å². The standard InChI is InChI=1S/C7H6N2O4/c1-13-6-2-5(4-10)7(8-3-6)9(11)12/h2-4H,1H3. The number of methoxy groups -OCH3 is 1. The summed E-state index contributed by atoms with van der Waals surface area (Å²) >= 11 is 0. The van der Waals surface area contributed by atoms with Gasteiger partial charge in [-0.2, -0.15) is 0 Å². The third kappa shape index (κ3) is 1.78. The first kappa shape index (κ1) is 9.11. The second kappa shape index (κ2) is 3.61.